The third-order valence-corrected chi connectivity index (χ3v) is 6.29. The SMILES string of the molecule is CCN1CCN(C(=O)c2cc(-c3ccc(Cl)cc3)n(-c3cccc(OC)c3)c2C)CC1. The Kier molecular flexibility index (Phi) is 6.35. The van der Waals surface area contributed by atoms with Crippen molar-refractivity contribution in [2.75, 3.05) is 39.8 Å². The first-order valence-electron chi connectivity index (χ1n) is 10.7. The van der Waals surface area contributed by atoms with Crippen molar-refractivity contribution in [3.8, 4) is 22.7 Å². The number of carbonyl (C=O) groups is 1. The summed E-state index contributed by atoms with van der Waals surface area (Å²) in [6.07, 6.45) is 0. The minimum absolute atomic E-state index is 0.0881. The highest BCUT2D eigenvalue weighted by Gasteiger charge is 2.26. The zero-order chi connectivity index (χ0) is 22.0. The van der Waals surface area contributed by atoms with Crippen molar-refractivity contribution in [3.63, 3.8) is 0 Å². The van der Waals surface area contributed by atoms with Crippen LogP contribution in [0.15, 0.2) is 54.6 Å². The Balaban J connectivity index is 1.78. The molecule has 1 aliphatic heterocycles. The Morgan fingerprint density at radius 2 is 1.74 bits per heavy atom. The van der Waals surface area contributed by atoms with Crippen LogP contribution in [0.1, 0.15) is 23.0 Å². The average molecular weight is 438 g/mol. The summed E-state index contributed by atoms with van der Waals surface area (Å²) in [4.78, 5) is 17.8. The van der Waals surface area contributed by atoms with Crippen LogP contribution in [0.5, 0.6) is 5.75 Å². The van der Waals surface area contributed by atoms with E-state index in [2.05, 4.69) is 16.4 Å². The quantitative estimate of drug-likeness (QED) is 0.570. The molecule has 0 aliphatic carbocycles. The molecule has 1 fully saturated rings. The van der Waals surface area contributed by atoms with Crippen LogP contribution in [-0.4, -0.2) is 60.1 Å². The fourth-order valence-corrected chi connectivity index (χ4v) is 4.30. The van der Waals surface area contributed by atoms with Gasteiger partial charge in [-0.15, -0.1) is 0 Å². The molecule has 1 aliphatic rings. The van der Waals surface area contributed by atoms with Crippen LogP contribution in [-0.2, 0) is 0 Å². The zero-order valence-corrected chi connectivity index (χ0v) is 19.0. The highest BCUT2D eigenvalue weighted by molar-refractivity contribution is 6.30. The third kappa shape index (κ3) is 4.34. The molecule has 0 spiro atoms. The molecular weight excluding hydrogens is 410 g/mol. The molecule has 1 aromatic heterocycles. The Hall–Kier alpha value is -2.76. The monoisotopic (exact) mass is 437 g/mol. The Labute approximate surface area is 188 Å². The minimum atomic E-state index is 0.0881. The lowest BCUT2D eigenvalue weighted by molar-refractivity contribution is 0.0642. The fraction of sp³-hybridized carbons (Fsp3) is 0.320. The van der Waals surface area contributed by atoms with Gasteiger partial charge in [-0.1, -0.05) is 36.7 Å². The van der Waals surface area contributed by atoms with Gasteiger partial charge in [-0.25, -0.2) is 0 Å². The summed E-state index contributed by atoms with van der Waals surface area (Å²) in [5.41, 5.74) is 4.57. The highest BCUT2D eigenvalue weighted by Crippen LogP contribution is 2.32. The van der Waals surface area contributed by atoms with Gasteiger partial charge in [0.05, 0.1) is 18.4 Å². The van der Waals surface area contributed by atoms with Crippen LogP contribution in [0.25, 0.3) is 16.9 Å². The molecule has 0 atom stereocenters. The lowest BCUT2D eigenvalue weighted by Crippen LogP contribution is -2.48. The summed E-state index contributed by atoms with van der Waals surface area (Å²) < 4.78 is 7.56. The maximum absolute atomic E-state index is 13.5. The normalized spacial score (nSPS) is 14.6. The second-order valence-corrected chi connectivity index (χ2v) is 8.24. The van der Waals surface area contributed by atoms with Gasteiger partial charge in [0.15, 0.2) is 0 Å². The van der Waals surface area contributed by atoms with E-state index >= 15 is 0 Å². The summed E-state index contributed by atoms with van der Waals surface area (Å²) in [6, 6.07) is 17.6. The van der Waals surface area contributed by atoms with E-state index < -0.39 is 0 Å². The van der Waals surface area contributed by atoms with E-state index in [1.165, 1.54) is 0 Å². The number of ether oxygens (including phenoxy) is 1. The van der Waals surface area contributed by atoms with Crippen molar-refractivity contribution < 1.29 is 9.53 Å². The molecule has 0 N–H and O–H groups in total. The first-order chi connectivity index (χ1) is 15.0. The molecule has 2 aromatic carbocycles. The number of aromatic nitrogens is 1. The number of hydrogen-bond acceptors (Lipinski definition) is 3. The Bertz CT molecular complexity index is 1070. The maximum Gasteiger partial charge on any atom is 0.255 e. The lowest BCUT2D eigenvalue weighted by Gasteiger charge is -2.34. The molecule has 0 bridgehead atoms. The van der Waals surface area contributed by atoms with Crippen LogP contribution in [0, 0.1) is 6.92 Å². The standard InChI is InChI=1S/C25H28ClN3O2/c1-4-27-12-14-28(15-13-27)25(30)23-17-24(19-8-10-20(26)11-9-19)29(18(23)2)21-6-5-7-22(16-21)31-3/h5-11,16-17H,4,12-15H2,1-3H3. The number of halogens is 1. The number of carbonyl (C=O) groups excluding carboxylic acids is 1. The molecule has 1 amide bonds. The van der Waals surface area contributed by atoms with E-state index in [4.69, 9.17) is 16.3 Å². The summed E-state index contributed by atoms with van der Waals surface area (Å²) in [7, 11) is 1.66. The summed E-state index contributed by atoms with van der Waals surface area (Å²) in [5.74, 6) is 0.862. The summed E-state index contributed by atoms with van der Waals surface area (Å²) in [6.45, 7) is 8.54. The van der Waals surface area contributed by atoms with Crippen LogP contribution in [0.3, 0.4) is 0 Å². The second-order valence-electron chi connectivity index (χ2n) is 7.80. The van der Waals surface area contributed by atoms with Crippen molar-refractivity contribution in [3.05, 3.63) is 70.9 Å². The summed E-state index contributed by atoms with van der Waals surface area (Å²) >= 11 is 6.12. The number of amides is 1. The largest absolute Gasteiger partial charge is 0.497 e. The number of likely N-dealkylation sites (N-methyl/N-ethyl adjacent to an activating group) is 1. The van der Waals surface area contributed by atoms with Gasteiger partial charge in [-0.3, -0.25) is 4.79 Å². The molecule has 0 radical (unpaired) electrons. The third-order valence-electron chi connectivity index (χ3n) is 6.04. The number of nitrogens with zero attached hydrogens (tertiary/aromatic N) is 3. The average Bonchev–Trinajstić information content (AvgIpc) is 3.16. The number of benzene rings is 2. The predicted octanol–water partition coefficient (Wildman–Crippen LogP) is 4.89. The van der Waals surface area contributed by atoms with E-state index in [-0.39, 0.29) is 5.91 Å². The molecule has 31 heavy (non-hydrogen) atoms. The van der Waals surface area contributed by atoms with E-state index in [0.717, 1.165) is 66.7 Å². The van der Waals surface area contributed by atoms with Gasteiger partial charge in [0.25, 0.3) is 5.91 Å². The van der Waals surface area contributed by atoms with E-state index in [1.54, 1.807) is 7.11 Å². The lowest BCUT2D eigenvalue weighted by atomic mass is 10.1. The first-order valence-corrected chi connectivity index (χ1v) is 11.0. The molecule has 6 heteroatoms. The fourth-order valence-electron chi connectivity index (χ4n) is 4.18. The number of piperazine rings is 1. The van der Waals surface area contributed by atoms with Gasteiger partial charge in [0.1, 0.15) is 5.75 Å². The highest BCUT2D eigenvalue weighted by atomic mass is 35.5. The van der Waals surface area contributed by atoms with Crippen LogP contribution < -0.4 is 4.74 Å². The smallest absolute Gasteiger partial charge is 0.255 e. The Morgan fingerprint density at radius 1 is 1.03 bits per heavy atom. The molecule has 2 heterocycles. The number of methoxy groups -OCH3 is 1. The van der Waals surface area contributed by atoms with Crippen LogP contribution in [0.4, 0.5) is 0 Å². The summed E-state index contributed by atoms with van der Waals surface area (Å²) in [5, 5.41) is 0.685. The van der Waals surface area contributed by atoms with Gasteiger partial charge < -0.3 is 19.1 Å². The minimum Gasteiger partial charge on any atom is -0.497 e. The van der Waals surface area contributed by atoms with Gasteiger partial charge in [-0.2, -0.15) is 0 Å². The van der Waals surface area contributed by atoms with Gasteiger partial charge in [0.2, 0.25) is 0 Å². The molecule has 5 nitrogen and oxygen atoms in total. The van der Waals surface area contributed by atoms with Crippen LogP contribution >= 0.6 is 11.6 Å². The molecule has 0 unspecified atom stereocenters. The van der Waals surface area contributed by atoms with E-state index in [0.29, 0.717) is 5.02 Å². The van der Waals surface area contributed by atoms with Crippen molar-refractivity contribution in [2.45, 2.75) is 13.8 Å². The molecule has 4 rings (SSSR count). The van der Waals surface area contributed by atoms with E-state index in [1.807, 2.05) is 66.4 Å². The van der Waals surface area contributed by atoms with Crippen molar-refractivity contribution >= 4 is 17.5 Å². The van der Waals surface area contributed by atoms with Crippen LogP contribution in [0.2, 0.25) is 5.02 Å². The second kappa shape index (κ2) is 9.16. The van der Waals surface area contributed by atoms with Crippen molar-refractivity contribution in [2.24, 2.45) is 0 Å². The zero-order valence-electron chi connectivity index (χ0n) is 18.3. The number of rotatable bonds is 5. The Morgan fingerprint density at radius 3 is 2.39 bits per heavy atom. The van der Waals surface area contributed by atoms with Crippen molar-refractivity contribution in [1.82, 2.24) is 14.4 Å². The van der Waals surface area contributed by atoms with E-state index in [9.17, 15) is 4.79 Å². The van der Waals surface area contributed by atoms with Gasteiger partial charge in [-0.05, 0) is 49.4 Å². The first kappa shape index (κ1) is 21.5. The molecule has 3 aromatic rings. The molecule has 1 saturated heterocycles. The molecular formula is C25H28ClN3O2. The molecule has 162 valence electrons. The maximum atomic E-state index is 13.5. The van der Waals surface area contributed by atoms with Crippen molar-refractivity contribution in [1.29, 1.82) is 0 Å². The number of hydrogen-bond donors (Lipinski definition) is 0. The van der Waals surface area contributed by atoms with Gasteiger partial charge in [0, 0.05) is 48.6 Å². The topological polar surface area (TPSA) is 37.7 Å². The van der Waals surface area contributed by atoms with Gasteiger partial charge >= 0.3 is 0 Å². The predicted molar refractivity (Wildman–Crippen MR) is 126 cm³/mol. The molecule has 0 saturated carbocycles.